The van der Waals surface area contributed by atoms with Crippen LogP contribution in [0.25, 0.3) is 0 Å². The lowest BCUT2D eigenvalue weighted by Crippen LogP contribution is -2.08. The van der Waals surface area contributed by atoms with Crippen LogP contribution >= 0.6 is 0 Å². The van der Waals surface area contributed by atoms with Gasteiger partial charge in [0.25, 0.3) is 0 Å². The summed E-state index contributed by atoms with van der Waals surface area (Å²) >= 11 is 0. The highest BCUT2D eigenvalue weighted by Gasteiger charge is 1.98. The maximum Gasteiger partial charge on any atom is 0.325 e. The molecule has 0 bridgehead atoms. The Kier molecular flexibility index (Phi) is 10.6. The molecule has 4 heteroatoms. The van der Waals surface area contributed by atoms with Gasteiger partial charge >= 0.3 is 5.97 Å². The van der Waals surface area contributed by atoms with E-state index in [1.165, 1.54) is 4.68 Å². The van der Waals surface area contributed by atoms with Crippen molar-refractivity contribution in [2.45, 2.75) is 41.2 Å². The van der Waals surface area contributed by atoms with E-state index in [1.54, 1.807) is 12.4 Å². The third-order valence-corrected chi connectivity index (χ3v) is 1.06. The second-order valence-electron chi connectivity index (χ2n) is 2.11. The third kappa shape index (κ3) is 7.34. The van der Waals surface area contributed by atoms with Gasteiger partial charge in [0.15, 0.2) is 0 Å². The number of nitrogens with zero attached hydrogens (tertiary/aromatic N) is 2. The first-order valence-corrected chi connectivity index (χ1v) is 4.89. The summed E-state index contributed by atoms with van der Waals surface area (Å²) in [6, 6.07) is 0. The maximum atomic E-state index is 10.1. The molecule has 82 valence electrons. The standard InChI is InChI=1S/C6H8N2O2.2C2H6/c1-5-2-7-8(3-5)4-6(9)10;2*1-2/h2-3H,4H2,1H3,(H,9,10);2*1-2H3. The van der Waals surface area contributed by atoms with E-state index < -0.39 is 5.97 Å². The van der Waals surface area contributed by atoms with Crippen LogP contribution in [0.15, 0.2) is 12.4 Å². The summed E-state index contributed by atoms with van der Waals surface area (Å²) in [4.78, 5) is 10.1. The Balaban J connectivity index is 0. The molecule has 0 aliphatic rings. The number of carboxylic acid groups (broad SMARTS) is 1. The van der Waals surface area contributed by atoms with E-state index >= 15 is 0 Å². The predicted octanol–water partition coefficient (Wildman–Crippen LogP) is 2.33. The molecule has 1 rings (SSSR count). The second-order valence-corrected chi connectivity index (χ2v) is 2.11. The molecule has 1 aromatic heterocycles. The lowest BCUT2D eigenvalue weighted by Gasteiger charge is -1.91. The van der Waals surface area contributed by atoms with Crippen molar-refractivity contribution in [1.82, 2.24) is 9.78 Å². The number of aromatic nitrogens is 2. The van der Waals surface area contributed by atoms with E-state index in [4.69, 9.17) is 5.11 Å². The highest BCUT2D eigenvalue weighted by Crippen LogP contribution is 1.92. The zero-order valence-corrected chi connectivity index (χ0v) is 9.61. The summed E-state index contributed by atoms with van der Waals surface area (Å²) in [5.41, 5.74) is 0.973. The topological polar surface area (TPSA) is 55.1 Å². The van der Waals surface area contributed by atoms with Gasteiger partial charge in [0.1, 0.15) is 6.54 Å². The zero-order valence-electron chi connectivity index (χ0n) is 9.61. The molecule has 0 aliphatic heterocycles. The molecular formula is C10H20N2O2. The lowest BCUT2D eigenvalue weighted by atomic mass is 10.4. The van der Waals surface area contributed by atoms with Gasteiger partial charge in [-0.3, -0.25) is 9.48 Å². The van der Waals surface area contributed by atoms with Crippen LogP contribution in [0.3, 0.4) is 0 Å². The van der Waals surface area contributed by atoms with Crippen molar-refractivity contribution < 1.29 is 9.90 Å². The van der Waals surface area contributed by atoms with Gasteiger partial charge in [-0.25, -0.2) is 0 Å². The van der Waals surface area contributed by atoms with Gasteiger partial charge < -0.3 is 5.11 Å². The first kappa shape index (κ1) is 15.2. The fraction of sp³-hybridized carbons (Fsp3) is 0.600. The second kappa shape index (κ2) is 9.77. The van der Waals surface area contributed by atoms with Crippen molar-refractivity contribution in [3.63, 3.8) is 0 Å². The SMILES string of the molecule is CC.CC.Cc1cnn(CC(=O)O)c1. The van der Waals surface area contributed by atoms with Crippen LogP contribution in [0.4, 0.5) is 0 Å². The predicted molar refractivity (Wildman–Crippen MR) is 57.3 cm³/mol. The van der Waals surface area contributed by atoms with Gasteiger partial charge in [0.2, 0.25) is 0 Å². The van der Waals surface area contributed by atoms with Gasteiger partial charge in [-0.2, -0.15) is 5.10 Å². The van der Waals surface area contributed by atoms with Crippen LogP contribution in [0.2, 0.25) is 0 Å². The van der Waals surface area contributed by atoms with Gasteiger partial charge in [0, 0.05) is 6.20 Å². The Morgan fingerprint density at radius 3 is 2.21 bits per heavy atom. The molecule has 14 heavy (non-hydrogen) atoms. The molecule has 0 unspecified atom stereocenters. The number of hydrogen-bond donors (Lipinski definition) is 1. The van der Waals surface area contributed by atoms with E-state index in [0.717, 1.165) is 5.56 Å². The van der Waals surface area contributed by atoms with Crippen molar-refractivity contribution in [1.29, 1.82) is 0 Å². The molecule has 0 radical (unpaired) electrons. The maximum absolute atomic E-state index is 10.1. The molecule has 1 N–H and O–H groups in total. The molecular weight excluding hydrogens is 180 g/mol. The summed E-state index contributed by atoms with van der Waals surface area (Å²) in [5.74, 6) is -0.872. The van der Waals surface area contributed by atoms with Gasteiger partial charge in [-0.15, -0.1) is 0 Å². The van der Waals surface area contributed by atoms with Crippen molar-refractivity contribution in [3.8, 4) is 0 Å². The van der Waals surface area contributed by atoms with Crippen LogP contribution in [-0.2, 0) is 11.3 Å². The summed E-state index contributed by atoms with van der Waals surface area (Å²) in [6.45, 7) is 9.80. The average Bonchev–Trinajstić information content (AvgIpc) is 2.57. The normalized spacial score (nSPS) is 7.79. The van der Waals surface area contributed by atoms with E-state index in [1.807, 2.05) is 34.6 Å². The minimum Gasteiger partial charge on any atom is -0.480 e. The minimum absolute atomic E-state index is 0.0617. The van der Waals surface area contributed by atoms with Crippen molar-refractivity contribution >= 4 is 5.97 Å². The van der Waals surface area contributed by atoms with Crippen LogP contribution in [0, 0.1) is 6.92 Å². The molecule has 1 aromatic rings. The molecule has 0 amide bonds. The number of aliphatic carboxylic acids is 1. The molecule has 0 fully saturated rings. The number of carboxylic acids is 1. The minimum atomic E-state index is -0.872. The van der Waals surface area contributed by atoms with Crippen LogP contribution in [-0.4, -0.2) is 20.9 Å². The Morgan fingerprint density at radius 2 is 1.93 bits per heavy atom. The van der Waals surface area contributed by atoms with Crippen molar-refractivity contribution in [2.24, 2.45) is 0 Å². The summed E-state index contributed by atoms with van der Waals surface area (Å²) in [5, 5.41) is 12.1. The summed E-state index contributed by atoms with van der Waals surface area (Å²) < 4.78 is 1.39. The molecule has 4 nitrogen and oxygen atoms in total. The summed E-state index contributed by atoms with van der Waals surface area (Å²) in [6.07, 6.45) is 3.32. The van der Waals surface area contributed by atoms with Crippen LogP contribution in [0.1, 0.15) is 33.3 Å². The van der Waals surface area contributed by atoms with E-state index in [-0.39, 0.29) is 6.54 Å². The van der Waals surface area contributed by atoms with Gasteiger partial charge in [-0.1, -0.05) is 27.7 Å². The molecule has 0 atom stereocenters. The monoisotopic (exact) mass is 200 g/mol. The van der Waals surface area contributed by atoms with E-state index in [0.29, 0.717) is 0 Å². The number of rotatable bonds is 2. The fourth-order valence-corrected chi connectivity index (χ4v) is 0.692. The fourth-order valence-electron chi connectivity index (χ4n) is 0.692. The lowest BCUT2D eigenvalue weighted by molar-refractivity contribution is -0.137. The van der Waals surface area contributed by atoms with E-state index in [9.17, 15) is 4.79 Å². The van der Waals surface area contributed by atoms with Crippen LogP contribution < -0.4 is 0 Å². The average molecular weight is 200 g/mol. The molecule has 0 saturated heterocycles. The molecule has 0 spiro atoms. The van der Waals surface area contributed by atoms with E-state index in [2.05, 4.69) is 5.10 Å². The smallest absolute Gasteiger partial charge is 0.325 e. The Bertz CT molecular complexity index is 244. The number of aryl methyl sites for hydroxylation is 1. The Labute approximate surface area is 85.6 Å². The van der Waals surface area contributed by atoms with Crippen molar-refractivity contribution in [2.75, 3.05) is 0 Å². The molecule has 1 heterocycles. The first-order valence-electron chi connectivity index (χ1n) is 4.89. The third-order valence-electron chi connectivity index (χ3n) is 1.06. The number of carbonyl (C=O) groups is 1. The first-order chi connectivity index (χ1) is 6.68. The van der Waals surface area contributed by atoms with Crippen molar-refractivity contribution in [3.05, 3.63) is 18.0 Å². The summed E-state index contributed by atoms with van der Waals surface area (Å²) in [7, 11) is 0. The highest BCUT2D eigenvalue weighted by atomic mass is 16.4. The quantitative estimate of drug-likeness (QED) is 0.797. The molecule has 0 aliphatic carbocycles. The Morgan fingerprint density at radius 1 is 1.43 bits per heavy atom. The van der Waals surface area contributed by atoms with Crippen LogP contribution in [0.5, 0.6) is 0 Å². The highest BCUT2D eigenvalue weighted by molar-refractivity contribution is 5.66. The molecule has 0 aromatic carbocycles. The zero-order chi connectivity index (χ0) is 11.6. The molecule has 0 saturated carbocycles. The Hall–Kier alpha value is -1.32. The van der Waals surface area contributed by atoms with Gasteiger partial charge in [-0.05, 0) is 12.5 Å². The van der Waals surface area contributed by atoms with Gasteiger partial charge in [0.05, 0.1) is 6.20 Å². The number of hydrogen-bond acceptors (Lipinski definition) is 2. The largest absolute Gasteiger partial charge is 0.480 e.